The lowest BCUT2D eigenvalue weighted by Gasteiger charge is -2.24. The van der Waals surface area contributed by atoms with Gasteiger partial charge in [-0.1, -0.05) is 19.1 Å². The third-order valence-electron chi connectivity index (χ3n) is 2.92. The molecule has 1 aromatic rings. The second-order valence-corrected chi connectivity index (χ2v) is 4.66. The summed E-state index contributed by atoms with van der Waals surface area (Å²) in [6, 6.07) is 7.70. The Hall–Kier alpha value is -1.22. The molecule has 0 aliphatic rings. The van der Waals surface area contributed by atoms with Crippen LogP contribution in [0.3, 0.4) is 0 Å². The predicted molar refractivity (Wildman–Crippen MR) is 70.9 cm³/mol. The maximum absolute atomic E-state index is 5.68. The van der Waals surface area contributed by atoms with Crippen molar-refractivity contribution in [2.45, 2.75) is 32.7 Å². The van der Waals surface area contributed by atoms with E-state index in [2.05, 4.69) is 26.1 Å². The third kappa shape index (κ3) is 4.65. The zero-order valence-corrected chi connectivity index (χ0v) is 11.2. The number of hydrogen-bond acceptors (Lipinski definition) is 3. The van der Waals surface area contributed by atoms with Crippen molar-refractivity contribution in [2.75, 3.05) is 20.3 Å². The van der Waals surface area contributed by atoms with Crippen LogP contribution in [0.15, 0.2) is 24.3 Å². The number of methoxy groups -OCH3 is 1. The summed E-state index contributed by atoms with van der Waals surface area (Å²) in [5.41, 5.74) is 0.171. The van der Waals surface area contributed by atoms with Gasteiger partial charge in [-0.05, 0) is 32.4 Å². The monoisotopic (exact) mass is 237 g/mol. The molecule has 0 aliphatic heterocycles. The van der Waals surface area contributed by atoms with Crippen LogP contribution >= 0.6 is 0 Å². The predicted octanol–water partition coefficient (Wildman–Crippen LogP) is 2.85. The highest BCUT2D eigenvalue weighted by atomic mass is 16.5. The lowest BCUT2D eigenvalue weighted by atomic mass is 10.0. The largest absolute Gasteiger partial charge is 0.493 e. The number of ether oxygens (including phenoxy) is 2. The topological polar surface area (TPSA) is 30.5 Å². The Kier molecular flexibility index (Phi) is 5.29. The Morgan fingerprint density at radius 2 is 1.82 bits per heavy atom. The molecule has 0 bridgehead atoms. The molecule has 0 saturated carbocycles. The molecule has 0 unspecified atom stereocenters. The molecule has 3 nitrogen and oxygen atoms in total. The van der Waals surface area contributed by atoms with Gasteiger partial charge in [0.25, 0.3) is 0 Å². The Labute approximate surface area is 104 Å². The van der Waals surface area contributed by atoms with Crippen LogP contribution in [-0.4, -0.2) is 25.8 Å². The molecule has 0 aliphatic carbocycles. The van der Waals surface area contributed by atoms with E-state index >= 15 is 0 Å². The van der Waals surface area contributed by atoms with E-state index in [0.717, 1.165) is 24.5 Å². The van der Waals surface area contributed by atoms with E-state index in [1.165, 1.54) is 0 Å². The highest BCUT2D eigenvalue weighted by molar-refractivity contribution is 5.39. The smallest absolute Gasteiger partial charge is 0.161 e. The van der Waals surface area contributed by atoms with Gasteiger partial charge in [0.05, 0.1) is 7.11 Å². The van der Waals surface area contributed by atoms with E-state index in [1.807, 2.05) is 24.3 Å². The number of para-hydroxylation sites is 2. The molecule has 96 valence electrons. The molecule has 1 N–H and O–H groups in total. The van der Waals surface area contributed by atoms with Gasteiger partial charge in [-0.25, -0.2) is 0 Å². The van der Waals surface area contributed by atoms with Crippen molar-refractivity contribution in [1.82, 2.24) is 5.32 Å². The molecule has 1 rings (SSSR count). The molecule has 0 spiro atoms. The number of hydrogen-bond donors (Lipinski definition) is 1. The zero-order valence-electron chi connectivity index (χ0n) is 11.2. The van der Waals surface area contributed by atoms with Crippen LogP contribution in [-0.2, 0) is 0 Å². The van der Waals surface area contributed by atoms with Crippen LogP contribution in [0.4, 0.5) is 0 Å². The first-order valence-electron chi connectivity index (χ1n) is 6.10. The first-order valence-corrected chi connectivity index (χ1v) is 6.10. The standard InChI is InChI=1S/C14H23NO2/c1-5-14(2,3)15-10-11-17-13-9-7-6-8-12(13)16-4/h6-9,15H,5,10-11H2,1-4H3. The second kappa shape index (κ2) is 6.50. The van der Waals surface area contributed by atoms with Gasteiger partial charge < -0.3 is 14.8 Å². The summed E-state index contributed by atoms with van der Waals surface area (Å²) in [6.07, 6.45) is 1.10. The Bertz CT molecular complexity index is 337. The van der Waals surface area contributed by atoms with Crippen LogP contribution in [0.1, 0.15) is 27.2 Å². The summed E-state index contributed by atoms with van der Waals surface area (Å²) in [5, 5.41) is 3.45. The Balaban J connectivity index is 2.36. The maximum atomic E-state index is 5.68. The molecule has 0 radical (unpaired) electrons. The van der Waals surface area contributed by atoms with E-state index in [9.17, 15) is 0 Å². The lowest BCUT2D eigenvalue weighted by Crippen LogP contribution is -2.40. The van der Waals surface area contributed by atoms with E-state index in [4.69, 9.17) is 9.47 Å². The molecule has 17 heavy (non-hydrogen) atoms. The molecular weight excluding hydrogens is 214 g/mol. The van der Waals surface area contributed by atoms with Gasteiger partial charge in [-0.3, -0.25) is 0 Å². The highest BCUT2D eigenvalue weighted by Gasteiger charge is 2.12. The normalized spacial score (nSPS) is 11.3. The van der Waals surface area contributed by atoms with Crippen molar-refractivity contribution in [3.8, 4) is 11.5 Å². The fourth-order valence-electron chi connectivity index (χ4n) is 1.41. The van der Waals surface area contributed by atoms with Gasteiger partial charge in [0.1, 0.15) is 6.61 Å². The fourth-order valence-corrected chi connectivity index (χ4v) is 1.41. The van der Waals surface area contributed by atoms with Crippen molar-refractivity contribution in [2.24, 2.45) is 0 Å². The minimum Gasteiger partial charge on any atom is -0.493 e. The number of nitrogens with one attached hydrogen (secondary N) is 1. The van der Waals surface area contributed by atoms with Gasteiger partial charge in [-0.2, -0.15) is 0 Å². The first-order chi connectivity index (χ1) is 8.09. The molecule has 0 heterocycles. The number of rotatable bonds is 7. The summed E-state index contributed by atoms with van der Waals surface area (Å²) in [7, 11) is 1.65. The van der Waals surface area contributed by atoms with E-state index in [-0.39, 0.29) is 5.54 Å². The summed E-state index contributed by atoms with van der Waals surface area (Å²) < 4.78 is 10.9. The summed E-state index contributed by atoms with van der Waals surface area (Å²) in [5.74, 6) is 1.58. The van der Waals surface area contributed by atoms with Gasteiger partial charge in [0.2, 0.25) is 0 Å². The van der Waals surface area contributed by atoms with Crippen LogP contribution in [0, 0.1) is 0 Å². The maximum Gasteiger partial charge on any atom is 0.161 e. The quantitative estimate of drug-likeness (QED) is 0.740. The highest BCUT2D eigenvalue weighted by Crippen LogP contribution is 2.25. The molecule has 3 heteroatoms. The van der Waals surface area contributed by atoms with E-state index in [1.54, 1.807) is 7.11 Å². The fraction of sp³-hybridized carbons (Fsp3) is 0.571. The van der Waals surface area contributed by atoms with Gasteiger partial charge >= 0.3 is 0 Å². The van der Waals surface area contributed by atoms with Crippen molar-refractivity contribution in [1.29, 1.82) is 0 Å². The van der Waals surface area contributed by atoms with Gasteiger partial charge in [0.15, 0.2) is 11.5 Å². The molecule has 0 atom stereocenters. The lowest BCUT2D eigenvalue weighted by molar-refractivity contribution is 0.268. The van der Waals surface area contributed by atoms with E-state index < -0.39 is 0 Å². The summed E-state index contributed by atoms with van der Waals surface area (Å²) >= 11 is 0. The average Bonchev–Trinajstić information content (AvgIpc) is 2.35. The van der Waals surface area contributed by atoms with E-state index in [0.29, 0.717) is 6.61 Å². The van der Waals surface area contributed by atoms with Crippen LogP contribution in [0.5, 0.6) is 11.5 Å². The number of benzene rings is 1. The summed E-state index contributed by atoms with van der Waals surface area (Å²) in [6.45, 7) is 8.03. The molecular formula is C14H23NO2. The van der Waals surface area contributed by atoms with Crippen LogP contribution in [0.2, 0.25) is 0 Å². The van der Waals surface area contributed by atoms with Gasteiger partial charge in [0, 0.05) is 12.1 Å². The molecule has 0 amide bonds. The van der Waals surface area contributed by atoms with Crippen LogP contribution in [0.25, 0.3) is 0 Å². The van der Waals surface area contributed by atoms with Gasteiger partial charge in [-0.15, -0.1) is 0 Å². The molecule has 0 aromatic heterocycles. The van der Waals surface area contributed by atoms with Crippen molar-refractivity contribution >= 4 is 0 Å². The molecule has 0 fully saturated rings. The zero-order chi connectivity index (χ0) is 12.7. The Morgan fingerprint density at radius 3 is 2.41 bits per heavy atom. The molecule has 1 aromatic carbocycles. The van der Waals surface area contributed by atoms with Crippen molar-refractivity contribution in [3.05, 3.63) is 24.3 Å². The minimum absolute atomic E-state index is 0.171. The average molecular weight is 237 g/mol. The second-order valence-electron chi connectivity index (χ2n) is 4.66. The van der Waals surface area contributed by atoms with Crippen molar-refractivity contribution < 1.29 is 9.47 Å². The Morgan fingerprint density at radius 1 is 1.18 bits per heavy atom. The van der Waals surface area contributed by atoms with Crippen LogP contribution < -0.4 is 14.8 Å². The van der Waals surface area contributed by atoms with Crippen molar-refractivity contribution in [3.63, 3.8) is 0 Å². The third-order valence-corrected chi connectivity index (χ3v) is 2.92. The SMILES string of the molecule is CCC(C)(C)NCCOc1ccccc1OC. The minimum atomic E-state index is 0.171. The summed E-state index contributed by atoms with van der Waals surface area (Å²) in [4.78, 5) is 0. The molecule has 0 saturated heterocycles. The first kappa shape index (κ1) is 13.8.